The van der Waals surface area contributed by atoms with Crippen molar-refractivity contribution >= 4 is 11.9 Å². The second kappa shape index (κ2) is 6.48. The van der Waals surface area contributed by atoms with E-state index in [2.05, 4.69) is 5.32 Å². The minimum Gasteiger partial charge on any atom is -0.469 e. The zero-order chi connectivity index (χ0) is 12.8. The summed E-state index contributed by atoms with van der Waals surface area (Å²) in [5, 5.41) is 2.56. The molecule has 1 amide bonds. The second-order valence-corrected chi connectivity index (χ2v) is 4.54. The van der Waals surface area contributed by atoms with Gasteiger partial charge in [-0.2, -0.15) is 0 Å². The highest BCUT2D eigenvalue weighted by atomic mass is 16.5. The predicted molar refractivity (Wildman–Crippen MR) is 62.0 cm³/mol. The Hall–Kier alpha value is -1.10. The number of hydrogen-bond acceptors (Lipinski definition) is 4. The lowest BCUT2D eigenvalue weighted by Gasteiger charge is -2.27. The second-order valence-electron chi connectivity index (χ2n) is 4.54. The number of amides is 1. The topological polar surface area (TPSA) is 58.6 Å². The van der Waals surface area contributed by atoms with Gasteiger partial charge in [-0.1, -0.05) is 0 Å². The number of hydrogen-bond donors (Lipinski definition) is 1. The van der Waals surface area contributed by atoms with Gasteiger partial charge in [-0.15, -0.1) is 0 Å². The van der Waals surface area contributed by atoms with Crippen LogP contribution in [0, 0.1) is 5.41 Å². The van der Waals surface area contributed by atoms with Gasteiger partial charge in [-0.25, -0.2) is 0 Å². The number of nitrogens with one attached hydrogen (secondary N) is 1. The standard InChI is InChI=1S/C11H22N2O3/c1-11(2,10(15)16-5)8-13(4)7-6-9(14)12-3/h6-8H2,1-5H3,(H,12,14). The summed E-state index contributed by atoms with van der Waals surface area (Å²) in [6.45, 7) is 4.85. The van der Waals surface area contributed by atoms with Crippen LogP contribution in [0.4, 0.5) is 0 Å². The lowest BCUT2D eigenvalue weighted by Crippen LogP contribution is -2.39. The molecule has 0 aliphatic rings. The van der Waals surface area contributed by atoms with Crippen molar-refractivity contribution in [1.82, 2.24) is 10.2 Å². The van der Waals surface area contributed by atoms with Gasteiger partial charge in [0.1, 0.15) is 0 Å². The molecule has 0 radical (unpaired) electrons. The van der Waals surface area contributed by atoms with Gasteiger partial charge in [-0.05, 0) is 20.9 Å². The number of carbonyl (C=O) groups is 2. The predicted octanol–water partition coefficient (Wildman–Crippen LogP) is 0.254. The number of methoxy groups -OCH3 is 1. The molecule has 0 aliphatic heterocycles. The SMILES string of the molecule is CNC(=O)CCN(C)CC(C)(C)C(=O)OC. The van der Waals surface area contributed by atoms with Crippen molar-refractivity contribution in [3.8, 4) is 0 Å². The quantitative estimate of drug-likeness (QED) is 0.665. The van der Waals surface area contributed by atoms with Crippen LogP contribution in [0.5, 0.6) is 0 Å². The van der Waals surface area contributed by atoms with Crippen LogP contribution in [0.15, 0.2) is 0 Å². The fourth-order valence-corrected chi connectivity index (χ4v) is 1.51. The molecule has 0 unspecified atom stereocenters. The summed E-state index contributed by atoms with van der Waals surface area (Å²) < 4.78 is 4.72. The molecule has 0 bridgehead atoms. The summed E-state index contributed by atoms with van der Waals surface area (Å²) >= 11 is 0. The normalized spacial score (nSPS) is 11.4. The molecule has 5 heteroatoms. The number of carbonyl (C=O) groups excluding carboxylic acids is 2. The van der Waals surface area contributed by atoms with E-state index in [1.165, 1.54) is 7.11 Å². The third-order valence-corrected chi connectivity index (χ3v) is 2.40. The average Bonchev–Trinajstić information content (AvgIpc) is 2.23. The van der Waals surface area contributed by atoms with Crippen LogP contribution >= 0.6 is 0 Å². The van der Waals surface area contributed by atoms with E-state index in [1.54, 1.807) is 7.05 Å². The van der Waals surface area contributed by atoms with Gasteiger partial charge in [0.15, 0.2) is 0 Å². The maximum atomic E-state index is 11.4. The van der Waals surface area contributed by atoms with E-state index in [4.69, 9.17) is 4.74 Å². The van der Waals surface area contributed by atoms with Gasteiger partial charge in [-0.3, -0.25) is 9.59 Å². The fourth-order valence-electron chi connectivity index (χ4n) is 1.51. The first kappa shape index (κ1) is 14.9. The highest BCUT2D eigenvalue weighted by Gasteiger charge is 2.29. The summed E-state index contributed by atoms with van der Waals surface area (Å²) in [7, 11) is 4.88. The summed E-state index contributed by atoms with van der Waals surface area (Å²) in [6, 6.07) is 0. The maximum Gasteiger partial charge on any atom is 0.312 e. The van der Waals surface area contributed by atoms with E-state index >= 15 is 0 Å². The molecule has 0 fully saturated rings. The molecule has 0 saturated heterocycles. The van der Waals surface area contributed by atoms with E-state index in [-0.39, 0.29) is 11.9 Å². The first-order valence-corrected chi connectivity index (χ1v) is 5.31. The third-order valence-electron chi connectivity index (χ3n) is 2.40. The third kappa shape index (κ3) is 5.11. The molecule has 0 atom stereocenters. The van der Waals surface area contributed by atoms with Crippen LogP contribution in [-0.4, -0.2) is 51.1 Å². The molecule has 0 rings (SSSR count). The van der Waals surface area contributed by atoms with Crippen molar-refractivity contribution in [3.05, 3.63) is 0 Å². The van der Waals surface area contributed by atoms with Gasteiger partial charge in [0, 0.05) is 26.6 Å². The Morgan fingerprint density at radius 3 is 2.38 bits per heavy atom. The number of esters is 1. The van der Waals surface area contributed by atoms with Gasteiger partial charge in [0.05, 0.1) is 12.5 Å². The molecular formula is C11H22N2O3. The summed E-state index contributed by atoms with van der Waals surface area (Å²) in [5.41, 5.74) is -0.549. The molecule has 0 aromatic rings. The van der Waals surface area contributed by atoms with Crippen molar-refractivity contribution in [2.24, 2.45) is 5.41 Å². The van der Waals surface area contributed by atoms with E-state index in [0.29, 0.717) is 19.5 Å². The molecular weight excluding hydrogens is 208 g/mol. The molecule has 0 aromatic carbocycles. The molecule has 16 heavy (non-hydrogen) atoms. The molecule has 1 N–H and O–H groups in total. The summed E-state index contributed by atoms with van der Waals surface area (Å²) in [5.74, 6) is -0.234. The Morgan fingerprint density at radius 1 is 1.38 bits per heavy atom. The van der Waals surface area contributed by atoms with E-state index in [9.17, 15) is 9.59 Å². The molecule has 0 heterocycles. The molecule has 0 aliphatic carbocycles. The Labute approximate surface area is 97.1 Å². The Morgan fingerprint density at radius 2 is 1.94 bits per heavy atom. The van der Waals surface area contributed by atoms with Gasteiger partial charge >= 0.3 is 5.97 Å². The van der Waals surface area contributed by atoms with Crippen LogP contribution < -0.4 is 5.32 Å². The minimum atomic E-state index is -0.549. The largest absolute Gasteiger partial charge is 0.469 e. The molecule has 5 nitrogen and oxygen atoms in total. The number of ether oxygens (including phenoxy) is 1. The smallest absolute Gasteiger partial charge is 0.312 e. The van der Waals surface area contributed by atoms with Crippen LogP contribution in [0.1, 0.15) is 20.3 Å². The van der Waals surface area contributed by atoms with Crippen molar-refractivity contribution in [2.75, 3.05) is 34.3 Å². The Balaban J connectivity index is 4.08. The maximum absolute atomic E-state index is 11.4. The van der Waals surface area contributed by atoms with Gasteiger partial charge in [0.25, 0.3) is 0 Å². The Bertz CT molecular complexity index is 252. The molecule has 0 saturated carbocycles. The average molecular weight is 230 g/mol. The van der Waals surface area contributed by atoms with Crippen molar-refractivity contribution < 1.29 is 14.3 Å². The summed E-state index contributed by atoms with van der Waals surface area (Å²) in [4.78, 5) is 24.4. The van der Waals surface area contributed by atoms with Gasteiger partial charge < -0.3 is 15.0 Å². The lowest BCUT2D eigenvalue weighted by molar-refractivity contribution is -0.151. The lowest BCUT2D eigenvalue weighted by atomic mass is 9.93. The van der Waals surface area contributed by atoms with Crippen LogP contribution in [0.25, 0.3) is 0 Å². The first-order valence-electron chi connectivity index (χ1n) is 5.31. The first-order chi connectivity index (χ1) is 7.33. The van der Waals surface area contributed by atoms with Crippen LogP contribution in [0.2, 0.25) is 0 Å². The van der Waals surface area contributed by atoms with Crippen LogP contribution in [-0.2, 0) is 14.3 Å². The van der Waals surface area contributed by atoms with Gasteiger partial charge in [0.2, 0.25) is 5.91 Å². The highest BCUT2D eigenvalue weighted by Crippen LogP contribution is 2.18. The minimum absolute atomic E-state index is 0.00252. The van der Waals surface area contributed by atoms with Crippen molar-refractivity contribution in [3.63, 3.8) is 0 Å². The molecule has 94 valence electrons. The van der Waals surface area contributed by atoms with Crippen molar-refractivity contribution in [2.45, 2.75) is 20.3 Å². The highest BCUT2D eigenvalue weighted by molar-refractivity contribution is 5.76. The van der Waals surface area contributed by atoms with E-state index < -0.39 is 5.41 Å². The fraction of sp³-hybridized carbons (Fsp3) is 0.818. The monoisotopic (exact) mass is 230 g/mol. The summed E-state index contributed by atoms with van der Waals surface area (Å²) in [6.07, 6.45) is 0.435. The zero-order valence-electron chi connectivity index (χ0n) is 10.8. The van der Waals surface area contributed by atoms with Crippen molar-refractivity contribution in [1.29, 1.82) is 0 Å². The number of rotatable bonds is 6. The Kier molecular flexibility index (Phi) is 6.03. The van der Waals surface area contributed by atoms with E-state index in [0.717, 1.165) is 0 Å². The van der Waals surface area contributed by atoms with E-state index in [1.807, 2.05) is 25.8 Å². The molecule has 0 aromatic heterocycles. The molecule has 0 spiro atoms. The van der Waals surface area contributed by atoms with Crippen LogP contribution in [0.3, 0.4) is 0 Å². The number of nitrogens with zero attached hydrogens (tertiary/aromatic N) is 1. The zero-order valence-corrected chi connectivity index (χ0v) is 10.8.